The number of nitrogens with one attached hydrogen (secondary N) is 1. The molecule has 0 aliphatic heterocycles. The van der Waals surface area contributed by atoms with Crippen LogP contribution in [0.1, 0.15) is 49.7 Å². The Kier molecular flexibility index (Phi) is 4.28. The van der Waals surface area contributed by atoms with Gasteiger partial charge in [0.15, 0.2) is 0 Å². The Hall–Kier alpha value is -2.09. The molecule has 3 atom stereocenters. The zero-order valence-electron chi connectivity index (χ0n) is 13.3. The Morgan fingerprint density at radius 1 is 1.14 bits per heavy atom. The fourth-order valence-electron chi connectivity index (χ4n) is 2.92. The van der Waals surface area contributed by atoms with Gasteiger partial charge in [-0.15, -0.1) is 0 Å². The number of hydrogen-bond donors (Lipinski definition) is 1. The maximum atomic E-state index is 12.3. The molecule has 2 heteroatoms. The third-order valence-corrected chi connectivity index (χ3v) is 4.71. The molecule has 1 aliphatic rings. The normalized spacial score (nSPS) is 21.2. The van der Waals surface area contributed by atoms with E-state index in [1.165, 1.54) is 11.1 Å². The molecular weight excluding hydrogens is 270 g/mol. The molecule has 1 N–H and O–H groups in total. The van der Waals surface area contributed by atoms with Gasteiger partial charge >= 0.3 is 0 Å². The maximum absolute atomic E-state index is 12.3. The molecule has 1 fully saturated rings. The van der Waals surface area contributed by atoms with Crippen molar-refractivity contribution in [3.05, 3.63) is 65.7 Å². The molecule has 1 amide bonds. The van der Waals surface area contributed by atoms with Crippen LogP contribution in [0, 0.1) is 5.92 Å². The fourth-order valence-corrected chi connectivity index (χ4v) is 2.92. The van der Waals surface area contributed by atoms with Crippen molar-refractivity contribution >= 4 is 11.6 Å². The van der Waals surface area contributed by atoms with Crippen LogP contribution in [0.2, 0.25) is 0 Å². The lowest BCUT2D eigenvalue weighted by molar-refractivity contribution is -0.117. The van der Waals surface area contributed by atoms with Gasteiger partial charge in [-0.2, -0.15) is 0 Å². The van der Waals surface area contributed by atoms with Crippen LogP contribution in [0.5, 0.6) is 0 Å². The van der Waals surface area contributed by atoms with Crippen molar-refractivity contribution < 1.29 is 4.79 Å². The molecule has 0 spiro atoms. The molecule has 0 saturated heterocycles. The molecule has 0 radical (unpaired) electrons. The van der Waals surface area contributed by atoms with Crippen LogP contribution in [0.25, 0.3) is 0 Å². The number of carbonyl (C=O) groups excluding carboxylic acids is 1. The summed E-state index contributed by atoms with van der Waals surface area (Å²) < 4.78 is 0. The number of carbonyl (C=O) groups is 1. The van der Waals surface area contributed by atoms with Gasteiger partial charge in [-0.25, -0.2) is 0 Å². The summed E-state index contributed by atoms with van der Waals surface area (Å²) in [7, 11) is 0. The van der Waals surface area contributed by atoms with Crippen LogP contribution >= 0.6 is 0 Å². The smallest absolute Gasteiger partial charge is 0.228 e. The van der Waals surface area contributed by atoms with E-state index < -0.39 is 0 Å². The van der Waals surface area contributed by atoms with Gasteiger partial charge in [0, 0.05) is 11.6 Å². The summed E-state index contributed by atoms with van der Waals surface area (Å²) in [6.07, 6.45) is 2.09. The summed E-state index contributed by atoms with van der Waals surface area (Å²) in [5.74, 6) is 1.22. The van der Waals surface area contributed by atoms with E-state index in [0.29, 0.717) is 11.8 Å². The van der Waals surface area contributed by atoms with Crippen molar-refractivity contribution in [2.75, 3.05) is 5.32 Å². The number of amides is 1. The Labute approximate surface area is 132 Å². The predicted molar refractivity (Wildman–Crippen MR) is 91.1 cm³/mol. The monoisotopic (exact) mass is 293 g/mol. The van der Waals surface area contributed by atoms with Crippen LogP contribution < -0.4 is 5.32 Å². The van der Waals surface area contributed by atoms with Crippen LogP contribution in [0.15, 0.2) is 54.6 Å². The number of hydrogen-bond acceptors (Lipinski definition) is 1. The second-order valence-corrected chi connectivity index (χ2v) is 6.28. The molecule has 2 nitrogen and oxygen atoms in total. The lowest BCUT2D eigenvalue weighted by atomic mass is 9.98. The SMILES string of the molecule is CC[C@@H](C)c1ccc(NC(=O)[C@@H]2C[C@@H]2c2ccccc2)cc1. The topological polar surface area (TPSA) is 29.1 Å². The quantitative estimate of drug-likeness (QED) is 0.831. The molecule has 2 aromatic rings. The van der Waals surface area contributed by atoms with Gasteiger partial charge in [-0.05, 0) is 47.9 Å². The third-order valence-electron chi connectivity index (χ3n) is 4.71. The van der Waals surface area contributed by atoms with Crippen LogP contribution in [0.3, 0.4) is 0 Å². The lowest BCUT2D eigenvalue weighted by Crippen LogP contribution is -2.14. The Morgan fingerprint density at radius 2 is 1.82 bits per heavy atom. The molecule has 22 heavy (non-hydrogen) atoms. The van der Waals surface area contributed by atoms with Crippen molar-refractivity contribution in [1.82, 2.24) is 0 Å². The van der Waals surface area contributed by atoms with E-state index in [4.69, 9.17) is 0 Å². The second-order valence-electron chi connectivity index (χ2n) is 6.28. The summed E-state index contributed by atoms with van der Waals surface area (Å²) in [6.45, 7) is 4.42. The highest BCUT2D eigenvalue weighted by molar-refractivity contribution is 5.95. The first-order chi connectivity index (χ1) is 10.7. The zero-order chi connectivity index (χ0) is 15.5. The fraction of sp³-hybridized carbons (Fsp3) is 0.350. The van der Waals surface area contributed by atoms with Crippen molar-refractivity contribution in [1.29, 1.82) is 0 Å². The highest BCUT2D eigenvalue weighted by Gasteiger charge is 2.43. The van der Waals surface area contributed by atoms with Crippen LogP contribution in [-0.4, -0.2) is 5.91 Å². The van der Waals surface area contributed by atoms with Gasteiger partial charge < -0.3 is 5.32 Å². The molecule has 114 valence electrons. The first-order valence-corrected chi connectivity index (χ1v) is 8.14. The molecule has 0 aromatic heterocycles. The molecule has 1 aliphatic carbocycles. The Bertz CT molecular complexity index is 633. The average Bonchev–Trinajstić information content (AvgIpc) is 3.36. The first-order valence-electron chi connectivity index (χ1n) is 8.14. The summed E-state index contributed by atoms with van der Waals surface area (Å²) >= 11 is 0. The van der Waals surface area contributed by atoms with Gasteiger partial charge in [0.2, 0.25) is 5.91 Å². The molecular formula is C20H23NO. The lowest BCUT2D eigenvalue weighted by Gasteiger charge is -2.10. The minimum absolute atomic E-state index is 0.122. The van der Waals surface area contributed by atoms with Crippen molar-refractivity contribution in [3.8, 4) is 0 Å². The largest absolute Gasteiger partial charge is 0.326 e. The summed E-state index contributed by atoms with van der Waals surface area (Å²) in [6, 6.07) is 18.6. The van der Waals surface area contributed by atoms with E-state index in [2.05, 4.69) is 43.4 Å². The molecule has 0 heterocycles. The molecule has 0 unspecified atom stereocenters. The van der Waals surface area contributed by atoms with E-state index in [1.807, 2.05) is 30.3 Å². The van der Waals surface area contributed by atoms with Crippen molar-refractivity contribution in [3.63, 3.8) is 0 Å². The minimum Gasteiger partial charge on any atom is -0.326 e. The highest BCUT2D eigenvalue weighted by Crippen LogP contribution is 2.47. The summed E-state index contributed by atoms with van der Waals surface area (Å²) in [5, 5.41) is 3.05. The minimum atomic E-state index is 0.122. The van der Waals surface area contributed by atoms with E-state index in [-0.39, 0.29) is 11.8 Å². The third kappa shape index (κ3) is 3.22. The number of anilines is 1. The van der Waals surface area contributed by atoms with E-state index in [9.17, 15) is 4.79 Å². The standard InChI is InChI=1S/C20H23NO/c1-3-14(2)15-9-11-17(12-10-15)21-20(22)19-13-18(19)16-7-5-4-6-8-16/h4-12,14,18-19H,3,13H2,1-2H3,(H,21,22)/t14-,18-,19-/m1/s1. The summed E-state index contributed by atoms with van der Waals surface area (Å²) in [4.78, 5) is 12.3. The highest BCUT2D eigenvalue weighted by atomic mass is 16.2. The van der Waals surface area contributed by atoms with Gasteiger partial charge in [0.05, 0.1) is 0 Å². The predicted octanol–water partition coefficient (Wildman–Crippen LogP) is 4.94. The molecule has 1 saturated carbocycles. The molecule has 0 bridgehead atoms. The van der Waals surface area contributed by atoms with Crippen molar-refractivity contribution in [2.45, 2.75) is 38.5 Å². The van der Waals surface area contributed by atoms with Gasteiger partial charge in [0.1, 0.15) is 0 Å². The number of benzene rings is 2. The second kappa shape index (κ2) is 6.35. The Balaban J connectivity index is 1.59. The average molecular weight is 293 g/mol. The van der Waals surface area contributed by atoms with Gasteiger partial charge in [0.25, 0.3) is 0 Å². The molecule has 2 aromatic carbocycles. The first kappa shape index (κ1) is 14.8. The maximum Gasteiger partial charge on any atom is 0.228 e. The Morgan fingerprint density at radius 3 is 2.45 bits per heavy atom. The van der Waals surface area contributed by atoms with Gasteiger partial charge in [-0.1, -0.05) is 56.3 Å². The van der Waals surface area contributed by atoms with E-state index in [1.54, 1.807) is 0 Å². The van der Waals surface area contributed by atoms with Gasteiger partial charge in [-0.3, -0.25) is 4.79 Å². The van der Waals surface area contributed by atoms with E-state index in [0.717, 1.165) is 18.5 Å². The zero-order valence-corrected chi connectivity index (χ0v) is 13.3. The van der Waals surface area contributed by atoms with Crippen LogP contribution in [0.4, 0.5) is 5.69 Å². The molecule has 3 rings (SSSR count). The number of rotatable bonds is 5. The van der Waals surface area contributed by atoms with Crippen molar-refractivity contribution in [2.24, 2.45) is 5.92 Å². The summed E-state index contributed by atoms with van der Waals surface area (Å²) in [5.41, 5.74) is 3.50. The van der Waals surface area contributed by atoms with E-state index >= 15 is 0 Å². The van der Waals surface area contributed by atoms with Crippen LogP contribution in [-0.2, 0) is 4.79 Å².